The van der Waals surface area contributed by atoms with Crippen molar-refractivity contribution in [3.8, 4) is 0 Å². The molecule has 1 aromatic carbocycles. The zero-order valence-electron chi connectivity index (χ0n) is 9.35. The van der Waals surface area contributed by atoms with Gasteiger partial charge in [0.1, 0.15) is 0 Å². The molecular weight excluding hydrogens is 238 g/mol. The van der Waals surface area contributed by atoms with E-state index >= 15 is 0 Å². The van der Waals surface area contributed by atoms with Crippen molar-refractivity contribution >= 4 is 17.3 Å². The number of nitrogens with two attached hydrogens (primary N) is 1. The quantitative estimate of drug-likeness (QED) is 0.826. The molecule has 2 N–H and O–H groups in total. The summed E-state index contributed by atoms with van der Waals surface area (Å²) in [4.78, 5) is 11.6. The number of nitrogens with zero attached hydrogens (tertiary/aromatic N) is 2. The largest absolute Gasteiger partial charge is 0.399 e. The summed E-state index contributed by atoms with van der Waals surface area (Å²) in [6.07, 6.45) is 0. The molecule has 0 aliphatic carbocycles. The first-order chi connectivity index (χ1) is 8.06. The highest BCUT2D eigenvalue weighted by atomic mass is 35.5. The van der Waals surface area contributed by atoms with Crippen LogP contribution in [0.5, 0.6) is 0 Å². The van der Waals surface area contributed by atoms with Gasteiger partial charge in [-0.3, -0.25) is 4.79 Å². The summed E-state index contributed by atoms with van der Waals surface area (Å²) in [5, 5.41) is 4.69. The third-order valence-corrected chi connectivity index (χ3v) is 2.75. The minimum atomic E-state index is -0.150. The topological polar surface area (TPSA) is 60.9 Å². The highest BCUT2D eigenvalue weighted by Crippen LogP contribution is 2.19. The number of hydrogen-bond donors (Lipinski definition) is 1. The van der Waals surface area contributed by atoms with Crippen LogP contribution in [0, 0.1) is 6.92 Å². The summed E-state index contributed by atoms with van der Waals surface area (Å²) < 4.78 is 1.38. The Bertz CT molecular complexity index is 607. The van der Waals surface area contributed by atoms with Gasteiger partial charge in [-0.1, -0.05) is 17.7 Å². The smallest absolute Gasteiger partial charge is 0.267 e. The predicted molar refractivity (Wildman–Crippen MR) is 68.2 cm³/mol. The third-order valence-electron chi connectivity index (χ3n) is 2.40. The molecule has 0 unspecified atom stereocenters. The van der Waals surface area contributed by atoms with Crippen molar-refractivity contribution < 1.29 is 0 Å². The summed E-state index contributed by atoms with van der Waals surface area (Å²) in [5.41, 5.74) is 7.67. The second kappa shape index (κ2) is 4.59. The van der Waals surface area contributed by atoms with Crippen molar-refractivity contribution in [1.29, 1.82) is 0 Å². The number of benzene rings is 1. The average molecular weight is 250 g/mol. The van der Waals surface area contributed by atoms with Gasteiger partial charge in [0.05, 0.1) is 12.2 Å². The van der Waals surface area contributed by atoms with Gasteiger partial charge in [-0.25, -0.2) is 4.68 Å². The van der Waals surface area contributed by atoms with Crippen molar-refractivity contribution in [3.05, 3.63) is 57.0 Å². The Kier molecular flexibility index (Phi) is 3.15. The second-order valence-corrected chi connectivity index (χ2v) is 4.23. The van der Waals surface area contributed by atoms with E-state index in [0.717, 1.165) is 11.3 Å². The summed E-state index contributed by atoms with van der Waals surface area (Å²) >= 11 is 6.05. The molecule has 1 heterocycles. The highest BCUT2D eigenvalue weighted by molar-refractivity contribution is 6.31. The lowest BCUT2D eigenvalue weighted by molar-refractivity contribution is 0.628. The van der Waals surface area contributed by atoms with Crippen LogP contribution >= 0.6 is 11.6 Å². The zero-order valence-corrected chi connectivity index (χ0v) is 10.1. The van der Waals surface area contributed by atoms with Crippen LogP contribution in [0.15, 0.2) is 35.1 Å². The van der Waals surface area contributed by atoms with Gasteiger partial charge in [-0.05, 0) is 30.7 Å². The highest BCUT2D eigenvalue weighted by Gasteiger charge is 2.04. The lowest BCUT2D eigenvalue weighted by Crippen LogP contribution is -2.23. The molecule has 1 aromatic heterocycles. The van der Waals surface area contributed by atoms with Gasteiger partial charge in [0.2, 0.25) is 0 Å². The Morgan fingerprint density at radius 1 is 1.35 bits per heavy atom. The molecule has 2 rings (SSSR count). The van der Waals surface area contributed by atoms with E-state index in [9.17, 15) is 4.79 Å². The number of hydrogen-bond acceptors (Lipinski definition) is 3. The maximum absolute atomic E-state index is 11.6. The van der Waals surface area contributed by atoms with Crippen LogP contribution in [0.3, 0.4) is 0 Å². The molecule has 0 aliphatic rings. The first-order valence-corrected chi connectivity index (χ1v) is 5.53. The molecule has 88 valence electrons. The van der Waals surface area contributed by atoms with E-state index in [0.29, 0.717) is 17.3 Å². The predicted octanol–water partition coefficient (Wildman–Crippen LogP) is 1.84. The Labute approximate surface area is 104 Å². The van der Waals surface area contributed by atoms with E-state index in [-0.39, 0.29) is 5.56 Å². The van der Waals surface area contributed by atoms with Crippen LogP contribution < -0.4 is 11.3 Å². The monoisotopic (exact) mass is 249 g/mol. The van der Waals surface area contributed by atoms with Gasteiger partial charge in [-0.15, -0.1) is 0 Å². The minimum absolute atomic E-state index is 0.150. The van der Waals surface area contributed by atoms with Crippen molar-refractivity contribution in [3.63, 3.8) is 0 Å². The van der Waals surface area contributed by atoms with Crippen LogP contribution in [-0.4, -0.2) is 9.78 Å². The molecule has 0 bridgehead atoms. The lowest BCUT2D eigenvalue weighted by Gasteiger charge is -2.07. The normalized spacial score (nSPS) is 10.5. The van der Waals surface area contributed by atoms with Gasteiger partial charge in [0.25, 0.3) is 5.56 Å². The Morgan fingerprint density at radius 2 is 2.12 bits per heavy atom. The van der Waals surface area contributed by atoms with Gasteiger partial charge < -0.3 is 5.73 Å². The molecule has 0 spiro atoms. The van der Waals surface area contributed by atoms with E-state index in [1.165, 1.54) is 10.7 Å². The number of aryl methyl sites for hydroxylation is 1. The van der Waals surface area contributed by atoms with Crippen LogP contribution in [0.4, 0.5) is 5.69 Å². The number of rotatable bonds is 2. The maximum atomic E-state index is 11.6. The fourth-order valence-corrected chi connectivity index (χ4v) is 1.77. The van der Waals surface area contributed by atoms with E-state index < -0.39 is 0 Å². The first-order valence-electron chi connectivity index (χ1n) is 5.15. The summed E-state index contributed by atoms with van der Waals surface area (Å²) in [6.45, 7) is 2.18. The van der Waals surface area contributed by atoms with Crippen LogP contribution in [0.1, 0.15) is 11.3 Å². The summed E-state index contributed by atoms with van der Waals surface area (Å²) in [6, 6.07) is 8.39. The summed E-state index contributed by atoms with van der Waals surface area (Å²) in [5.74, 6) is 0. The van der Waals surface area contributed by atoms with E-state index in [1.807, 2.05) is 6.92 Å². The summed E-state index contributed by atoms with van der Waals surface area (Å²) in [7, 11) is 0. The average Bonchev–Trinajstić information content (AvgIpc) is 2.27. The molecule has 17 heavy (non-hydrogen) atoms. The molecule has 0 fully saturated rings. The first kappa shape index (κ1) is 11.7. The standard InChI is InChI=1S/C12H12ClN3O/c1-8-2-5-12(17)16(15-8)7-9-3-4-10(14)6-11(9)13/h2-6H,7,14H2,1H3. The third kappa shape index (κ3) is 2.65. The van der Waals surface area contributed by atoms with Crippen molar-refractivity contribution in [2.45, 2.75) is 13.5 Å². The maximum Gasteiger partial charge on any atom is 0.267 e. The number of aromatic nitrogens is 2. The zero-order chi connectivity index (χ0) is 12.4. The molecule has 0 radical (unpaired) electrons. The van der Waals surface area contributed by atoms with E-state index in [4.69, 9.17) is 17.3 Å². The Balaban J connectivity index is 2.38. The van der Waals surface area contributed by atoms with Crippen molar-refractivity contribution in [1.82, 2.24) is 9.78 Å². The molecule has 4 nitrogen and oxygen atoms in total. The molecule has 5 heteroatoms. The van der Waals surface area contributed by atoms with Gasteiger partial charge in [0.15, 0.2) is 0 Å². The van der Waals surface area contributed by atoms with Crippen LogP contribution in [0.2, 0.25) is 5.02 Å². The molecular formula is C12H12ClN3O. The molecule has 0 atom stereocenters. The molecule has 0 saturated heterocycles. The fraction of sp³-hybridized carbons (Fsp3) is 0.167. The van der Waals surface area contributed by atoms with Crippen LogP contribution in [0.25, 0.3) is 0 Å². The van der Waals surface area contributed by atoms with Crippen molar-refractivity contribution in [2.24, 2.45) is 0 Å². The Morgan fingerprint density at radius 3 is 2.82 bits per heavy atom. The molecule has 0 amide bonds. The van der Waals surface area contributed by atoms with E-state index in [1.54, 1.807) is 24.3 Å². The van der Waals surface area contributed by atoms with Gasteiger partial charge in [-0.2, -0.15) is 5.10 Å². The molecule has 0 aliphatic heterocycles. The number of anilines is 1. The Hall–Kier alpha value is -1.81. The molecule has 2 aromatic rings. The van der Waals surface area contributed by atoms with Crippen molar-refractivity contribution in [2.75, 3.05) is 5.73 Å². The van der Waals surface area contributed by atoms with E-state index in [2.05, 4.69) is 5.10 Å². The second-order valence-electron chi connectivity index (χ2n) is 3.82. The number of halogens is 1. The van der Waals surface area contributed by atoms with Crippen LogP contribution in [-0.2, 0) is 6.54 Å². The van der Waals surface area contributed by atoms with Gasteiger partial charge >= 0.3 is 0 Å². The fourth-order valence-electron chi connectivity index (χ4n) is 1.52. The van der Waals surface area contributed by atoms with Gasteiger partial charge in [0, 0.05) is 16.8 Å². The lowest BCUT2D eigenvalue weighted by atomic mass is 10.2. The molecule has 0 saturated carbocycles. The minimum Gasteiger partial charge on any atom is -0.399 e. The number of nitrogen functional groups attached to an aromatic ring is 1. The SMILES string of the molecule is Cc1ccc(=O)n(Cc2ccc(N)cc2Cl)n1.